The van der Waals surface area contributed by atoms with Crippen LogP contribution in [0.4, 0.5) is 0 Å². The number of hydrogen-bond donors (Lipinski definition) is 1. The average molecular weight is 347 g/mol. The first-order valence-corrected chi connectivity index (χ1v) is 12.0. The van der Waals surface area contributed by atoms with E-state index in [1.54, 1.807) is 15.9 Å². The molecular weight excluding hydrogens is 324 g/mol. The second kappa shape index (κ2) is 5.20. The summed E-state index contributed by atoms with van der Waals surface area (Å²) in [5.41, 5.74) is 8.75. The van der Waals surface area contributed by atoms with Crippen LogP contribution in [-0.2, 0) is 11.2 Å². The minimum Gasteiger partial charge on any atom is -0.492 e. The van der Waals surface area contributed by atoms with Crippen molar-refractivity contribution in [2.24, 2.45) is 0 Å². The van der Waals surface area contributed by atoms with Gasteiger partial charge in [-0.2, -0.15) is 0 Å². The summed E-state index contributed by atoms with van der Waals surface area (Å²) < 4.78 is 5.61. The summed E-state index contributed by atoms with van der Waals surface area (Å²) in [5, 5.41) is 12.3. The highest BCUT2D eigenvalue weighted by Gasteiger charge is 2.50. The molecule has 0 atom stereocenters. The van der Waals surface area contributed by atoms with Gasteiger partial charge in [0.25, 0.3) is 0 Å². The Hall–Kier alpha value is -2.10. The van der Waals surface area contributed by atoms with Crippen molar-refractivity contribution in [2.45, 2.75) is 25.9 Å². The molecule has 126 valence electrons. The molecule has 5 rings (SSSR count). The van der Waals surface area contributed by atoms with Crippen LogP contribution in [0.5, 0.6) is 0 Å². The quantitative estimate of drug-likeness (QED) is 0.736. The van der Waals surface area contributed by atoms with Gasteiger partial charge in [0, 0.05) is 0 Å². The Morgan fingerprint density at radius 1 is 1.08 bits per heavy atom. The van der Waals surface area contributed by atoms with Gasteiger partial charge in [-0.1, -0.05) is 42.5 Å². The lowest BCUT2D eigenvalue weighted by atomic mass is 9.98. The van der Waals surface area contributed by atoms with Gasteiger partial charge in [0.05, 0.1) is 6.61 Å². The lowest BCUT2D eigenvalue weighted by molar-refractivity contribution is 0.152. The smallest absolute Gasteiger partial charge is 0.116 e. The monoisotopic (exact) mass is 346 g/mol. The summed E-state index contributed by atoms with van der Waals surface area (Å²) in [6, 6.07) is 11.3. The minimum absolute atomic E-state index is 0.0610. The Morgan fingerprint density at radius 3 is 2.76 bits per heavy atom. The fourth-order valence-electron chi connectivity index (χ4n) is 4.66. The number of allylic oxidation sites excluding steroid dienone is 3. The highest BCUT2D eigenvalue weighted by atomic mass is 28.3. The van der Waals surface area contributed by atoms with Crippen molar-refractivity contribution in [3.63, 3.8) is 0 Å². The maximum absolute atomic E-state index is 8.96. The second-order valence-corrected chi connectivity index (χ2v) is 12.0. The Bertz CT molecular complexity index is 966. The fraction of sp³-hybridized carbons (Fsp3) is 0.273. The molecule has 0 spiro atoms. The summed E-state index contributed by atoms with van der Waals surface area (Å²) in [6.45, 7) is 5.39. The van der Waals surface area contributed by atoms with Crippen LogP contribution in [0.2, 0.25) is 13.1 Å². The van der Waals surface area contributed by atoms with Gasteiger partial charge in [0.1, 0.15) is 20.4 Å². The summed E-state index contributed by atoms with van der Waals surface area (Å²) in [6.07, 6.45) is 6.33. The molecule has 1 aliphatic heterocycles. The molecule has 0 bridgehead atoms. The van der Waals surface area contributed by atoms with E-state index in [-0.39, 0.29) is 6.61 Å². The van der Waals surface area contributed by atoms with Gasteiger partial charge in [-0.15, -0.1) is 0 Å². The van der Waals surface area contributed by atoms with Gasteiger partial charge in [-0.05, 0) is 69.6 Å². The van der Waals surface area contributed by atoms with Crippen LogP contribution >= 0.6 is 0 Å². The molecule has 0 fully saturated rings. The van der Waals surface area contributed by atoms with Crippen molar-refractivity contribution in [1.29, 1.82) is 0 Å². The van der Waals surface area contributed by atoms with Gasteiger partial charge in [0.15, 0.2) is 0 Å². The van der Waals surface area contributed by atoms with Crippen LogP contribution in [0, 0.1) is 0 Å². The van der Waals surface area contributed by atoms with Gasteiger partial charge in [-0.3, -0.25) is 0 Å². The Kier molecular flexibility index (Phi) is 3.15. The number of ether oxygens (including phenoxy) is 1. The van der Waals surface area contributed by atoms with Crippen LogP contribution in [0.25, 0.3) is 16.7 Å². The van der Waals surface area contributed by atoms with E-state index in [9.17, 15) is 0 Å². The second-order valence-electron chi connectivity index (χ2n) is 7.71. The topological polar surface area (TPSA) is 29.5 Å². The fourth-order valence-corrected chi connectivity index (χ4v) is 8.52. The van der Waals surface area contributed by atoms with Crippen molar-refractivity contribution in [3.8, 4) is 11.1 Å². The lowest BCUT2D eigenvalue weighted by Crippen LogP contribution is -2.19. The number of fused-ring (bicyclic) bond motifs is 5. The molecule has 2 aromatic carbocycles. The number of aliphatic hydroxyl groups is 1. The molecule has 2 nitrogen and oxygen atoms in total. The van der Waals surface area contributed by atoms with E-state index in [0.717, 1.165) is 18.6 Å². The van der Waals surface area contributed by atoms with Gasteiger partial charge >= 0.3 is 0 Å². The molecule has 25 heavy (non-hydrogen) atoms. The highest BCUT2D eigenvalue weighted by molar-refractivity contribution is 7.16. The maximum atomic E-state index is 8.96. The largest absolute Gasteiger partial charge is 0.492 e. The zero-order valence-corrected chi connectivity index (χ0v) is 15.7. The number of benzene rings is 2. The molecule has 0 aromatic heterocycles. The maximum Gasteiger partial charge on any atom is 0.116 e. The lowest BCUT2D eigenvalue weighted by Gasteiger charge is -2.07. The minimum atomic E-state index is -1.40. The molecule has 0 saturated heterocycles. The van der Waals surface area contributed by atoms with Gasteiger partial charge in [0.2, 0.25) is 0 Å². The predicted molar refractivity (Wildman–Crippen MR) is 105 cm³/mol. The predicted octanol–water partition coefficient (Wildman–Crippen LogP) is 3.07. The molecule has 0 amide bonds. The summed E-state index contributed by atoms with van der Waals surface area (Å²) in [5.74, 6) is 0.902. The van der Waals surface area contributed by atoms with Crippen molar-refractivity contribution in [2.75, 3.05) is 13.2 Å². The van der Waals surface area contributed by atoms with E-state index < -0.39 is 8.07 Å². The third-order valence-electron chi connectivity index (χ3n) is 5.84. The van der Waals surface area contributed by atoms with E-state index >= 15 is 0 Å². The normalized spacial score (nSPS) is 18.2. The van der Waals surface area contributed by atoms with Gasteiger partial charge in [-0.25, -0.2) is 0 Å². The van der Waals surface area contributed by atoms with Crippen LogP contribution in [-0.4, -0.2) is 26.4 Å². The Labute approximate surface area is 149 Å². The Balaban J connectivity index is 1.61. The molecule has 0 radical (unpaired) electrons. The molecule has 3 heteroatoms. The van der Waals surface area contributed by atoms with Crippen molar-refractivity contribution < 1.29 is 9.84 Å². The molecule has 1 N–H and O–H groups in total. The first-order chi connectivity index (χ1) is 12.1. The van der Waals surface area contributed by atoms with Crippen LogP contribution in [0.15, 0.2) is 48.2 Å². The molecule has 2 aromatic rings. The van der Waals surface area contributed by atoms with Crippen molar-refractivity contribution >= 4 is 24.0 Å². The van der Waals surface area contributed by atoms with E-state index in [0.29, 0.717) is 6.61 Å². The highest BCUT2D eigenvalue weighted by Crippen LogP contribution is 2.42. The third kappa shape index (κ3) is 2.12. The van der Waals surface area contributed by atoms with E-state index in [1.807, 2.05) is 0 Å². The van der Waals surface area contributed by atoms with Crippen molar-refractivity contribution in [3.05, 3.63) is 64.9 Å². The summed E-state index contributed by atoms with van der Waals surface area (Å²) >= 11 is 0. The third-order valence-corrected chi connectivity index (χ3v) is 9.16. The number of aliphatic hydroxyl groups excluding tert-OH is 1. The van der Waals surface area contributed by atoms with E-state index in [1.165, 1.54) is 27.8 Å². The number of rotatable bonds is 4. The SMILES string of the molecule is C[Si]1(C)c2c(C3=CC(OCCO)=CC3)cc3c(c21)Cc1ccccc1-3. The van der Waals surface area contributed by atoms with Crippen molar-refractivity contribution in [1.82, 2.24) is 0 Å². The summed E-state index contributed by atoms with van der Waals surface area (Å²) in [7, 11) is -1.40. The van der Waals surface area contributed by atoms with E-state index in [2.05, 4.69) is 55.6 Å². The number of hydrogen-bond acceptors (Lipinski definition) is 2. The Morgan fingerprint density at radius 2 is 1.92 bits per heavy atom. The standard InChI is InChI=1S/C22H22O2Si/c1-25(2)21-18(15-7-8-16(11-15)24-10-9-23)13-19-17-6-4-3-5-14(17)12-20(19)22(21)25/h3-6,8,11,13,23H,7,9-10,12H2,1-2H3. The molecular formula is C22H22O2Si. The van der Waals surface area contributed by atoms with Gasteiger partial charge < -0.3 is 9.84 Å². The van der Waals surface area contributed by atoms with E-state index in [4.69, 9.17) is 9.84 Å². The zero-order chi connectivity index (χ0) is 17.2. The van der Waals surface area contributed by atoms with Crippen LogP contribution < -0.4 is 10.4 Å². The molecule has 2 aliphatic carbocycles. The van der Waals surface area contributed by atoms with Crippen LogP contribution in [0.3, 0.4) is 0 Å². The molecule has 0 saturated carbocycles. The first-order valence-electron chi connectivity index (χ1n) is 9.05. The molecule has 3 aliphatic rings. The molecule has 0 unspecified atom stereocenters. The van der Waals surface area contributed by atoms with Crippen LogP contribution in [0.1, 0.15) is 23.1 Å². The molecule has 1 heterocycles. The summed E-state index contributed by atoms with van der Waals surface area (Å²) in [4.78, 5) is 0. The average Bonchev–Trinajstić information content (AvgIpc) is 2.99. The zero-order valence-electron chi connectivity index (χ0n) is 14.7. The first kappa shape index (κ1) is 15.2.